The monoisotopic (exact) mass is 301 g/mol. The van der Waals surface area contributed by atoms with E-state index < -0.39 is 5.91 Å². The minimum absolute atomic E-state index is 0.00420. The molecule has 0 saturated carbocycles. The first kappa shape index (κ1) is 13.6. The van der Waals surface area contributed by atoms with Crippen LogP contribution in [0.4, 0.5) is 4.79 Å². The van der Waals surface area contributed by atoms with Gasteiger partial charge in [0.05, 0.1) is 11.1 Å². The summed E-state index contributed by atoms with van der Waals surface area (Å²) in [4.78, 5) is 39.0. The van der Waals surface area contributed by atoms with Crippen LogP contribution in [0, 0.1) is 0 Å². The SMILES string of the molecule is CCC(=O)c1cnc2ccc(C=C3SC(=O)NC3=O)cn12. The standard InChI is InChI=1S/C14H11N3O3S/c1-2-10(18)9-6-15-12-4-3-8(7-17(9)12)5-11-13(19)16-14(20)21-11/h3-7H,2H2,1H3,(H,16,19,20). The van der Waals surface area contributed by atoms with Crippen LogP contribution in [0.1, 0.15) is 29.4 Å². The number of aromatic nitrogens is 2. The van der Waals surface area contributed by atoms with Crippen molar-refractivity contribution in [2.24, 2.45) is 0 Å². The van der Waals surface area contributed by atoms with E-state index in [2.05, 4.69) is 10.3 Å². The van der Waals surface area contributed by atoms with Crippen molar-refractivity contribution in [2.75, 3.05) is 0 Å². The van der Waals surface area contributed by atoms with E-state index in [0.717, 1.165) is 17.3 Å². The molecule has 2 amide bonds. The number of fused-ring (bicyclic) bond motifs is 1. The van der Waals surface area contributed by atoms with Crippen molar-refractivity contribution in [2.45, 2.75) is 13.3 Å². The first-order valence-electron chi connectivity index (χ1n) is 6.33. The molecule has 1 aliphatic rings. The second-order valence-electron chi connectivity index (χ2n) is 4.46. The molecule has 21 heavy (non-hydrogen) atoms. The second kappa shape index (κ2) is 5.17. The number of ketones is 1. The second-order valence-corrected chi connectivity index (χ2v) is 5.48. The van der Waals surface area contributed by atoms with Gasteiger partial charge < -0.3 is 0 Å². The van der Waals surface area contributed by atoms with Crippen molar-refractivity contribution in [1.29, 1.82) is 0 Å². The van der Waals surface area contributed by atoms with Crippen molar-refractivity contribution < 1.29 is 14.4 Å². The molecule has 7 heteroatoms. The van der Waals surface area contributed by atoms with Gasteiger partial charge in [0.1, 0.15) is 11.3 Å². The Bertz CT molecular complexity index is 807. The van der Waals surface area contributed by atoms with Gasteiger partial charge in [0.2, 0.25) is 0 Å². The fourth-order valence-electron chi connectivity index (χ4n) is 2.04. The van der Waals surface area contributed by atoms with Gasteiger partial charge in [-0.25, -0.2) is 4.98 Å². The average molecular weight is 301 g/mol. The molecular formula is C14H11N3O3S. The number of imidazole rings is 1. The maximum absolute atomic E-state index is 11.9. The summed E-state index contributed by atoms with van der Waals surface area (Å²) in [5.41, 5.74) is 1.89. The molecule has 106 valence electrons. The molecule has 0 spiro atoms. The van der Waals surface area contributed by atoms with Crippen molar-refractivity contribution >= 4 is 40.4 Å². The van der Waals surface area contributed by atoms with Crippen LogP contribution in [-0.4, -0.2) is 26.3 Å². The predicted octanol–water partition coefficient (Wildman–Crippen LogP) is 2.25. The lowest BCUT2D eigenvalue weighted by Gasteiger charge is -2.01. The molecule has 3 heterocycles. The van der Waals surface area contributed by atoms with Gasteiger partial charge in [-0.3, -0.25) is 24.1 Å². The van der Waals surface area contributed by atoms with E-state index in [4.69, 9.17) is 0 Å². The third-order valence-electron chi connectivity index (χ3n) is 3.08. The third-order valence-corrected chi connectivity index (χ3v) is 3.89. The maximum Gasteiger partial charge on any atom is 0.290 e. The Hall–Kier alpha value is -2.41. The first-order valence-corrected chi connectivity index (χ1v) is 7.15. The van der Waals surface area contributed by atoms with Crippen molar-refractivity contribution in [3.8, 4) is 0 Å². The lowest BCUT2D eigenvalue weighted by Crippen LogP contribution is -2.17. The summed E-state index contributed by atoms with van der Waals surface area (Å²) >= 11 is 0.861. The quantitative estimate of drug-likeness (QED) is 0.694. The molecule has 1 aliphatic heterocycles. The van der Waals surface area contributed by atoms with E-state index in [1.807, 2.05) is 0 Å². The molecule has 2 aromatic heterocycles. The molecule has 1 saturated heterocycles. The van der Waals surface area contributed by atoms with Crippen molar-refractivity contribution in [3.05, 3.63) is 40.7 Å². The molecule has 0 aliphatic carbocycles. The zero-order valence-corrected chi connectivity index (χ0v) is 11.9. The van der Waals surface area contributed by atoms with E-state index in [-0.39, 0.29) is 11.0 Å². The molecule has 0 radical (unpaired) electrons. The lowest BCUT2D eigenvalue weighted by atomic mass is 10.2. The van der Waals surface area contributed by atoms with Gasteiger partial charge in [-0.15, -0.1) is 0 Å². The number of carbonyl (C=O) groups is 3. The van der Waals surface area contributed by atoms with Crippen LogP contribution in [0.5, 0.6) is 0 Å². The highest BCUT2D eigenvalue weighted by Gasteiger charge is 2.25. The Balaban J connectivity index is 2.05. The summed E-state index contributed by atoms with van der Waals surface area (Å²) in [7, 11) is 0. The molecular weight excluding hydrogens is 290 g/mol. The molecule has 1 N–H and O–H groups in total. The van der Waals surface area contributed by atoms with E-state index in [1.54, 1.807) is 41.9 Å². The number of amides is 2. The number of carbonyl (C=O) groups excluding carboxylic acids is 3. The number of rotatable bonds is 3. The summed E-state index contributed by atoms with van der Waals surface area (Å²) in [5, 5.41) is 1.82. The number of nitrogens with one attached hydrogen (secondary N) is 1. The minimum atomic E-state index is -0.402. The topological polar surface area (TPSA) is 80.5 Å². The van der Waals surface area contributed by atoms with Crippen LogP contribution in [0.3, 0.4) is 0 Å². The summed E-state index contributed by atoms with van der Waals surface area (Å²) in [6.45, 7) is 1.79. The normalized spacial score (nSPS) is 16.7. The van der Waals surface area contributed by atoms with Crippen LogP contribution in [0.2, 0.25) is 0 Å². The highest BCUT2D eigenvalue weighted by atomic mass is 32.2. The van der Waals surface area contributed by atoms with Gasteiger partial charge >= 0.3 is 0 Å². The van der Waals surface area contributed by atoms with Gasteiger partial charge in [0, 0.05) is 12.6 Å². The predicted molar refractivity (Wildman–Crippen MR) is 78.9 cm³/mol. The average Bonchev–Trinajstić information content (AvgIpc) is 3.01. The minimum Gasteiger partial charge on any atom is -0.296 e. The third kappa shape index (κ3) is 2.47. The number of hydrogen-bond donors (Lipinski definition) is 1. The first-order chi connectivity index (χ1) is 10.1. The van der Waals surface area contributed by atoms with Crippen LogP contribution in [0.25, 0.3) is 11.7 Å². The van der Waals surface area contributed by atoms with E-state index in [9.17, 15) is 14.4 Å². The zero-order valence-electron chi connectivity index (χ0n) is 11.1. The van der Waals surface area contributed by atoms with Crippen LogP contribution < -0.4 is 5.32 Å². The molecule has 2 aromatic rings. The number of Topliss-reactive ketones (excluding diaryl/α,β-unsaturated/α-hetero) is 1. The number of hydrogen-bond acceptors (Lipinski definition) is 5. The van der Waals surface area contributed by atoms with Gasteiger partial charge in [0.25, 0.3) is 11.1 Å². The molecule has 0 bridgehead atoms. The summed E-state index contributed by atoms with van der Waals surface area (Å²) < 4.78 is 1.69. The smallest absolute Gasteiger partial charge is 0.290 e. The molecule has 0 unspecified atom stereocenters. The van der Waals surface area contributed by atoms with E-state index in [1.165, 1.54) is 0 Å². The maximum atomic E-state index is 11.9. The molecule has 3 rings (SSSR count). The largest absolute Gasteiger partial charge is 0.296 e. The zero-order chi connectivity index (χ0) is 15.0. The van der Waals surface area contributed by atoms with E-state index in [0.29, 0.717) is 22.7 Å². The summed E-state index contributed by atoms with van der Waals surface area (Å²) in [6, 6.07) is 3.55. The fraction of sp³-hybridized carbons (Fsp3) is 0.143. The van der Waals surface area contributed by atoms with Gasteiger partial charge in [-0.2, -0.15) is 0 Å². The summed E-state index contributed by atoms with van der Waals surface area (Å²) in [6.07, 6.45) is 5.28. The van der Waals surface area contributed by atoms with E-state index >= 15 is 0 Å². The lowest BCUT2D eigenvalue weighted by molar-refractivity contribution is -0.115. The number of pyridine rings is 1. The molecule has 1 fully saturated rings. The number of imide groups is 1. The molecule has 0 atom stereocenters. The van der Waals surface area contributed by atoms with Gasteiger partial charge in [-0.1, -0.05) is 6.92 Å². The Labute approximate surface area is 124 Å². The van der Waals surface area contributed by atoms with Crippen LogP contribution >= 0.6 is 11.8 Å². The van der Waals surface area contributed by atoms with Crippen molar-refractivity contribution in [1.82, 2.24) is 14.7 Å². The fourth-order valence-corrected chi connectivity index (χ4v) is 2.72. The van der Waals surface area contributed by atoms with Crippen molar-refractivity contribution in [3.63, 3.8) is 0 Å². The Kier molecular flexibility index (Phi) is 3.34. The number of thioether (sulfide) groups is 1. The van der Waals surface area contributed by atoms with Crippen LogP contribution in [-0.2, 0) is 4.79 Å². The summed E-state index contributed by atoms with van der Waals surface area (Å²) in [5.74, 6) is -0.406. The van der Waals surface area contributed by atoms with Crippen LogP contribution in [0.15, 0.2) is 29.4 Å². The highest BCUT2D eigenvalue weighted by molar-refractivity contribution is 8.18. The molecule has 6 nitrogen and oxygen atoms in total. The highest BCUT2D eigenvalue weighted by Crippen LogP contribution is 2.25. The molecule has 0 aromatic carbocycles. The Morgan fingerprint density at radius 1 is 1.43 bits per heavy atom. The van der Waals surface area contributed by atoms with Gasteiger partial charge in [0.15, 0.2) is 5.78 Å². The Morgan fingerprint density at radius 2 is 2.24 bits per heavy atom. The van der Waals surface area contributed by atoms with Gasteiger partial charge in [-0.05, 0) is 35.5 Å². The number of nitrogens with zero attached hydrogens (tertiary/aromatic N) is 2. The Morgan fingerprint density at radius 3 is 2.90 bits per heavy atom.